The van der Waals surface area contributed by atoms with Crippen molar-refractivity contribution in [2.24, 2.45) is 5.92 Å². The van der Waals surface area contributed by atoms with Crippen LogP contribution in [0.25, 0.3) is 0 Å². The normalized spacial score (nSPS) is 28.6. The number of carbonyl (C=O) groups excluding carboxylic acids is 2. The summed E-state index contributed by atoms with van der Waals surface area (Å²) >= 11 is 2.29. The highest BCUT2D eigenvalue weighted by molar-refractivity contribution is 14.1. The zero-order valence-corrected chi connectivity index (χ0v) is 17.1. The lowest BCUT2D eigenvalue weighted by atomic mass is 9.76. The van der Waals surface area contributed by atoms with Gasteiger partial charge in [0.25, 0.3) is 0 Å². The first-order chi connectivity index (χ1) is 11.9. The number of halogens is 1. The number of benzene rings is 1. The van der Waals surface area contributed by atoms with Crippen LogP contribution in [0.2, 0.25) is 0 Å². The maximum absolute atomic E-state index is 12.6. The number of ether oxygens (including phenoxy) is 1. The summed E-state index contributed by atoms with van der Waals surface area (Å²) in [4.78, 5) is 28.7. The van der Waals surface area contributed by atoms with Crippen LogP contribution in [0, 0.1) is 9.49 Å². The molecule has 25 heavy (non-hydrogen) atoms. The van der Waals surface area contributed by atoms with Crippen molar-refractivity contribution in [2.75, 3.05) is 27.7 Å². The quantitative estimate of drug-likeness (QED) is 0.516. The molecule has 0 radical (unpaired) electrons. The first-order valence-electron chi connectivity index (χ1n) is 8.71. The van der Waals surface area contributed by atoms with Crippen molar-refractivity contribution in [3.8, 4) is 0 Å². The number of piperidine rings is 1. The second kappa shape index (κ2) is 7.61. The lowest BCUT2D eigenvalue weighted by molar-refractivity contribution is -0.152. The molecule has 0 spiro atoms. The molecule has 0 aromatic heterocycles. The number of nitrogens with zero attached hydrogens (tertiary/aromatic N) is 2. The summed E-state index contributed by atoms with van der Waals surface area (Å²) in [5.41, 5.74) is 1.20. The Kier molecular flexibility index (Phi) is 5.68. The topological polar surface area (TPSA) is 49.9 Å². The zero-order chi connectivity index (χ0) is 18.1. The summed E-state index contributed by atoms with van der Waals surface area (Å²) in [6.45, 7) is 0.384. The Balaban J connectivity index is 1.89. The van der Waals surface area contributed by atoms with Crippen LogP contribution in [0.1, 0.15) is 30.7 Å². The van der Waals surface area contributed by atoms with Gasteiger partial charge in [0, 0.05) is 35.7 Å². The minimum atomic E-state index is -0.209. The molecule has 1 aromatic carbocycles. The third kappa shape index (κ3) is 3.69. The van der Waals surface area contributed by atoms with Gasteiger partial charge in [0.15, 0.2) is 0 Å². The van der Waals surface area contributed by atoms with Gasteiger partial charge in [0.2, 0.25) is 5.91 Å². The van der Waals surface area contributed by atoms with Gasteiger partial charge >= 0.3 is 5.97 Å². The molecule has 2 saturated heterocycles. The molecule has 0 saturated carbocycles. The van der Waals surface area contributed by atoms with Gasteiger partial charge < -0.3 is 9.64 Å². The largest absolute Gasteiger partial charge is 0.469 e. The number of methoxy groups -OCH3 is 1. The van der Waals surface area contributed by atoms with Gasteiger partial charge in [0.05, 0.1) is 19.6 Å². The first kappa shape index (κ1) is 18.6. The molecule has 5 nitrogen and oxygen atoms in total. The first-order valence-corrected chi connectivity index (χ1v) is 9.79. The number of rotatable bonds is 4. The minimum Gasteiger partial charge on any atom is -0.469 e. The van der Waals surface area contributed by atoms with Gasteiger partial charge in [-0.25, -0.2) is 0 Å². The number of carbonyl (C=O) groups is 2. The number of esters is 1. The van der Waals surface area contributed by atoms with Gasteiger partial charge in [-0.15, -0.1) is 0 Å². The Bertz CT molecular complexity index is 647. The average Bonchev–Trinajstić information content (AvgIpc) is 2.86. The van der Waals surface area contributed by atoms with E-state index in [-0.39, 0.29) is 29.8 Å². The maximum atomic E-state index is 12.6. The third-order valence-corrected chi connectivity index (χ3v) is 6.37. The summed E-state index contributed by atoms with van der Waals surface area (Å²) in [5, 5.41) is 0. The molecule has 6 heteroatoms. The molecule has 0 aliphatic carbocycles. The van der Waals surface area contributed by atoms with Crippen LogP contribution in [0.4, 0.5) is 0 Å². The van der Waals surface area contributed by atoms with E-state index in [1.165, 1.54) is 16.2 Å². The predicted molar refractivity (Wildman–Crippen MR) is 104 cm³/mol. The summed E-state index contributed by atoms with van der Waals surface area (Å²) in [5.74, 6) is -0.115. The van der Waals surface area contributed by atoms with E-state index in [1.54, 1.807) is 19.0 Å². The number of fused-ring (bicyclic) bond motifs is 2. The van der Waals surface area contributed by atoms with Crippen LogP contribution in [-0.2, 0) is 14.3 Å². The summed E-state index contributed by atoms with van der Waals surface area (Å²) in [6.07, 6.45) is 2.89. The van der Waals surface area contributed by atoms with E-state index in [2.05, 4.69) is 51.8 Å². The fourth-order valence-corrected chi connectivity index (χ4v) is 4.73. The molecule has 0 N–H and O–H groups in total. The number of likely N-dealkylation sites (N-methyl/N-ethyl adjacent to an activating group) is 1. The third-order valence-electron chi connectivity index (χ3n) is 5.65. The van der Waals surface area contributed by atoms with Crippen molar-refractivity contribution >= 4 is 34.5 Å². The standard InChI is InChI=1S/C19H25IN2O3/c1-21(2)17(23)11-22-14-8-9-16(22)18(19(24)25-3)15(10-14)12-4-6-13(20)7-5-12/h4-7,14-16,18H,8-11H2,1-3H3. The minimum absolute atomic E-state index is 0.0828. The fourth-order valence-electron chi connectivity index (χ4n) is 4.37. The van der Waals surface area contributed by atoms with Crippen LogP contribution in [-0.4, -0.2) is 61.5 Å². The Labute approximate surface area is 162 Å². The monoisotopic (exact) mass is 456 g/mol. The van der Waals surface area contributed by atoms with Crippen molar-refractivity contribution in [1.82, 2.24) is 9.80 Å². The highest BCUT2D eigenvalue weighted by Gasteiger charge is 2.51. The zero-order valence-electron chi connectivity index (χ0n) is 14.9. The second-order valence-corrected chi connectivity index (χ2v) is 8.45. The lowest BCUT2D eigenvalue weighted by Crippen LogP contribution is -2.53. The molecule has 2 heterocycles. The van der Waals surface area contributed by atoms with Gasteiger partial charge in [-0.05, 0) is 59.5 Å². The van der Waals surface area contributed by atoms with Gasteiger partial charge in [-0.2, -0.15) is 0 Å². The van der Waals surface area contributed by atoms with Crippen LogP contribution >= 0.6 is 22.6 Å². The molecule has 136 valence electrons. The Morgan fingerprint density at radius 3 is 2.52 bits per heavy atom. The van der Waals surface area contributed by atoms with E-state index in [0.29, 0.717) is 12.6 Å². The van der Waals surface area contributed by atoms with Crippen LogP contribution in [0.15, 0.2) is 24.3 Å². The summed E-state index contributed by atoms with van der Waals surface area (Å²) < 4.78 is 6.34. The molecule has 2 aliphatic heterocycles. The van der Waals surface area contributed by atoms with Crippen LogP contribution in [0.3, 0.4) is 0 Å². The molecule has 1 aromatic rings. The van der Waals surface area contributed by atoms with Gasteiger partial charge in [0.1, 0.15) is 0 Å². The van der Waals surface area contributed by atoms with Crippen LogP contribution < -0.4 is 0 Å². The lowest BCUT2D eigenvalue weighted by Gasteiger charge is -2.43. The molecule has 1 amide bonds. The number of hydrogen-bond acceptors (Lipinski definition) is 4. The SMILES string of the molecule is COC(=O)C1C(c2ccc(I)cc2)CC2CCC1N2CC(=O)N(C)C. The van der Waals surface area contributed by atoms with E-state index in [1.807, 2.05) is 0 Å². The average molecular weight is 456 g/mol. The van der Waals surface area contributed by atoms with Crippen molar-refractivity contribution in [3.05, 3.63) is 33.4 Å². The predicted octanol–water partition coefficient (Wildman–Crippen LogP) is 2.49. The molecular weight excluding hydrogens is 431 g/mol. The van der Waals surface area contributed by atoms with E-state index in [4.69, 9.17) is 4.74 Å². The molecule has 2 aliphatic rings. The van der Waals surface area contributed by atoms with Crippen LogP contribution in [0.5, 0.6) is 0 Å². The van der Waals surface area contributed by atoms with E-state index >= 15 is 0 Å². The fraction of sp³-hybridized carbons (Fsp3) is 0.579. The van der Waals surface area contributed by atoms with E-state index < -0.39 is 0 Å². The Morgan fingerprint density at radius 2 is 1.92 bits per heavy atom. The van der Waals surface area contributed by atoms with Gasteiger partial charge in [-0.3, -0.25) is 14.5 Å². The van der Waals surface area contributed by atoms with E-state index in [0.717, 1.165) is 19.3 Å². The van der Waals surface area contributed by atoms with Crippen molar-refractivity contribution in [2.45, 2.75) is 37.3 Å². The summed E-state index contributed by atoms with van der Waals surface area (Å²) in [7, 11) is 5.02. The molecular formula is C19H25IN2O3. The van der Waals surface area contributed by atoms with E-state index in [9.17, 15) is 9.59 Å². The molecule has 4 unspecified atom stereocenters. The summed E-state index contributed by atoms with van der Waals surface area (Å²) in [6, 6.07) is 8.88. The van der Waals surface area contributed by atoms with Crippen molar-refractivity contribution in [1.29, 1.82) is 0 Å². The number of amides is 1. The second-order valence-electron chi connectivity index (χ2n) is 7.20. The van der Waals surface area contributed by atoms with Gasteiger partial charge in [-0.1, -0.05) is 12.1 Å². The maximum Gasteiger partial charge on any atom is 0.310 e. The Morgan fingerprint density at radius 1 is 1.24 bits per heavy atom. The molecule has 2 fully saturated rings. The highest BCUT2D eigenvalue weighted by Crippen LogP contribution is 2.47. The van der Waals surface area contributed by atoms with Crippen molar-refractivity contribution < 1.29 is 14.3 Å². The van der Waals surface area contributed by atoms with Crippen molar-refractivity contribution in [3.63, 3.8) is 0 Å². The smallest absolute Gasteiger partial charge is 0.310 e. The molecule has 3 rings (SSSR count). The molecule has 4 atom stereocenters. The number of hydrogen-bond donors (Lipinski definition) is 0. The highest BCUT2D eigenvalue weighted by atomic mass is 127. The Hall–Kier alpha value is -1.15. The molecule has 2 bridgehead atoms.